The van der Waals surface area contributed by atoms with Gasteiger partial charge in [0.2, 0.25) is 0 Å². The second-order valence-corrected chi connectivity index (χ2v) is 4.52. The fourth-order valence-electron chi connectivity index (χ4n) is 2.46. The number of ether oxygens (including phenoxy) is 2. The highest BCUT2D eigenvalue weighted by Gasteiger charge is 2.45. The molecule has 1 heterocycles. The van der Waals surface area contributed by atoms with Gasteiger partial charge in [0.05, 0.1) is 11.3 Å². The normalized spacial score (nSPS) is 19.8. The van der Waals surface area contributed by atoms with Gasteiger partial charge in [0.1, 0.15) is 0 Å². The summed E-state index contributed by atoms with van der Waals surface area (Å²) in [4.78, 5) is 10.9. The molecule has 90 valence electrons. The van der Waals surface area contributed by atoms with E-state index in [4.69, 9.17) is 20.3 Å². The number of carboxylic acids is 1. The molecule has 1 saturated carbocycles. The van der Waals surface area contributed by atoms with Gasteiger partial charge in [0.25, 0.3) is 5.79 Å². The van der Waals surface area contributed by atoms with Crippen molar-refractivity contribution in [3.8, 4) is 11.5 Å². The first-order valence-corrected chi connectivity index (χ1v) is 5.64. The first-order chi connectivity index (χ1) is 8.10. The van der Waals surface area contributed by atoms with Crippen LogP contribution in [0.25, 0.3) is 0 Å². The molecule has 3 N–H and O–H groups in total. The summed E-state index contributed by atoms with van der Waals surface area (Å²) in [6.07, 6.45) is 3.76. The lowest BCUT2D eigenvalue weighted by Crippen LogP contribution is -2.34. The van der Waals surface area contributed by atoms with Crippen molar-refractivity contribution in [2.24, 2.45) is 0 Å². The summed E-state index contributed by atoms with van der Waals surface area (Å²) in [7, 11) is 0. The van der Waals surface area contributed by atoms with E-state index >= 15 is 0 Å². The Bertz CT molecular complexity index is 492. The molecular weight excluding hydrogens is 222 g/mol. The SMILES string of the molecule is Nc1cc(C(=O)O)cc2c1OC1(CCCC1)O2. The number of hydrogen-bond donors (Lipinski definition) is 2. The van der Waals surface area contributed by atoms with E-state index in [0.29, 0.717) is 17.2 Å². The van der Waals surface area contributed by atoms with E-state index in [1.165, 1.54) is 12.1 Å². The van der Waals surface area contributed by atoms with Crippen molar-refractivity contribution in [3.63, 3.8) is 0 Å². The van der Waals surface area contributed by atoms with E-state index in [9.17, 15) is 4.79 Å². The lowest BCUT2D eigenvalue weighted by Gasteiger charge is -2.21. The first kappa shape index (κ1) is 10.3. The summed E-state index contributed by atoms with van der Waals surface area (Å²) < 4.78 is 11.5. The summed E-state index contributed by atoms with van der Waals surface area (Å²) in [6.45, 7) is 0. The van der Waals surface area contributed by atoms with E-state index in [0.717, 1.165) is 25.7 Å². The fraction of sp³-hybridized carbons (Fsp3) is 0.417. The van der Waals surface area contributed by atoms with Gasteiger partial charge in [-0.1, -0.05) is 0 Å². The van der Waals surface area contributed by atoms with Crippen LogP contribution in [0.15, 0.2) is 12.1 Å². The Morgan fingerprint density at radius 2 is 2.00 bits per heavy atom. The largest absolute Gasteiger partial charge is 0.478 e. The molecule has 0 amide bonds. The molecule has 5 nitrogen and oxygen atoms in total. The molecule has 0 radical (unpaired) electrons. The topological polar surface area (TPSA) is 81.8 Å². The minimum Gasteiger partial charge on any atom is -0.478 e. The Kier molecular flexibility index (Phi) is 1.98. The second-order valence-electron chi connectivity index (χ2n) is 4.52. The van der Waals surface area contributed by atoms with Crippen LogP contribution >= 0.6 is 0 Å². The van der Waals surface area contributed by atoms with Crippen molar-refractivity contribution in [3.05, 3.63) is 17.7 Å². The predicted octanol–water partition coefficient (Wildman–Crippen LogP) is 2.01. The van der Waals surface area contributed by atoms with Gasteiger partial charge in [-0.05, 0) is 25.0 Å². The van der Waals surface area contributed by atoms with Crippen LogP contribution in [0.1, 0.15) is 36.0 Å². The third-order valence-electron chi connectivity index (χ3n) is 3.28. The minimum atomic E-state index is -1.02. The number of carboxylic acid groups (broad SMARTS) is 1. The molecule has 0 saturated heterocycles. The van der Waals surface area contributed by atoms with Gasteiger partial charge >= 0.3 is 5.97 Å². The maximum absolute atomic E-state index is 10.9. The highest BCUT2D eigenvalue weighted by Crippen LogP contribution is 2.49. The van der Waals surface area contributed by atoms with Gasteiger partial charge in [0.15, 0.2) is 11.5 Å². The molecule has 2 aliphatic rings. The number of aromatic carboxylic acids is 1. The zero-order chi connectivity index (χ0) is 12.0. The average Bonchev–Trinajstić information content (AvgIpc) is 2.86. The molecule has 1 aromatic rings. The molecule has 0 aromatic heterocycles. The third kappa shape index (κ3) is 1.50. The Labute approximate surface area is 98.1 Å². The molecule has 0 bridgehead atoms. The van der Waals surface area contributed by atoms with E-state index in [-0.39, 0.29) is 5.56 Å². The number of benzene rings is 1. The molecule has 0 unspecified atom stereocenters. The summed E-state index contributed by atoms with van der Waals surface area (Å²) in [6, 6.07) is 2.87. The van der Waals surface area contributed by atoms with Gasteiger partial charge in [-0.2, -0.15) is 0 Å². The second kappa shape index (κ2) is 3.29. The molecular formula is C12H13NO4. The number of carbonyl (C=O) groups is 1. The molecule has 5 heteroatoms. The number of rotatable bonds is 1. The van der Waals surface area contributed by atoms with Gasteiger partial charge in [-0.15, -0.1) is 0 Å². The highest BCUT2D eigenvalue weighted by molar-refractivity contribution is 5.90. The van der Waals surface area contributed by atoms with Crippen molar-refractivity contribution in [1.82, 2.24) is 0 Å². The van der Waals surface area contributed by atoms with Crippen LogP contribution in [-0.2, 0) is 0 Å². The Balaban J connectivity index is 2.02. The van der Waals surface area contributed by atoms with Gasteiger partial charge in [0, 0.05) is 12.8 Å². The molecule has 1 aliphatic heterocycles. The summed E-state index contributed by atoms with van der Waals surface area (Å²) in [5, 5.41) is 8.95. The van der Waals surface area contributed by atoms with Gasteiger partial charge < -0.3 is 20.3 Å². The molecule has 1 fully saturated rings. The standard InChI is InChI=1S/C12H13NO4/c13-8-5-7(11(14)15)6-9-10(8)17-12(16-9)3-1-2-4-12/h5-6H,1-4,13H2,(H,14,15). The molecule has 1 aromatic carbocycles. The van der Waals surface area contributed by atoms with Crippen LogP contribution in [0.3, 0.4) is 0 Å². The van der Waals surface area contributed by atoms with Crippen LogP contribution < -0.4 is 15.2 Å². The number of anilines is 1. The molecule has 1 spiro atoms. The van der Waals surface area contributed by atoms with Gasteiger partial charge in [-0.3, -0.25) is 0 Å². The van der Waals surface area contributed by atoms with Crippen molar-refractivity contribution < 1.29 is 19.4 Å². The Hall–Kier alpha value is -1.91. The van der Waals surface area contributed by atoms with Crippen molar-refractivity contribution in [2.75, 3.05) is 5.73 Å². The quantitative estimate of drug-likeness (QED) is 0.727. The number of fused-ring (bicyclic) bond motifs is 1. The maximum Gasteiger partial charge on any atom is 0.335 e. The Morgan fingerprint density at radius 3 is 2.65 bits per heavy atom. The lowest BCUT2D eigenvalue weighted by atomic mass is 10.2. The van der Waals surface area contributed by atoms with Crippen molar-refractivity contribution in [2.45, 2.75) is 31.5 Å². The minimum absolute atomic E-state index is 0.125. The summed E-state index contributed by atoms with van der Waals surface area (Å²) in [5.74, 6) is -0.690. The number of nitrogens with two attached hydrogens (primary N) is 1. The van der Waals surface area contributed by atoms with E-state index < -0.39 is 11.8 Å². The zero-order valence-electron chi connectivity index (χ0n) is 9.23. The van der Waals surface area contributed by atoms with Crippen molar-refractivity contribution in [1.29, 1.82) is 0 Å². The predicted molar refractivity (Wildman–Crippen MR) is 60.3 cm³/mol. The van der Waals surface area contributed by atoms with Crippen LogP contribution in [0.2, 0.25) is 0 Å². The van der Waals surface area contributed by atoms with Crippen LogP contribution in [0, 0.1) is 0 Å². The summed E-state index contributed by atoms with van der Waals surface area (Å²) in [5.41, 5.74) is 6.24. The average molecular weight is 235 g/mol. The zero-order valence-corrected chi connectivity index (χ0v) is 9.23. The fourth-order valence-corrected chi connectivity index (χ4v) is 2.46. The number of nitrogen functional groups attached to an aromatic ring is 1. The third-order valence-corrected chi connectivity index (χ3v) is 3.28. The Morgan fingerprint density at radius 1 is 1.29 bits per heavy atom. The van der Waals surface area contributed by atoms with Gasteiger partial charge in [-0.25, -0.2) is 4.79 Å². The molecule has 1 aliphatic carbocycles. The van der Waals surface area contributed by atoms with E-state index in [1.54, 1.807) is 0 Å². The van der Waals surface area contributed by atoms with E-state index in [2.05, 4.69) is 0 Å². The molecule has 17 heavy (non-hydrogen) atoms. The maximum atomic E-state index is 10.9. The molecule has 3 rings (SSSR count). The first-order valence-electron chi connectivity index (χ1n) is 5.64. The van der Waals surface area contributed by atoms with Crippen LogP contribution in [0.4, 0.5) is 5.69 Å². The smallest absolute Gasteiger partial charge is 0.335 e. The van der Waals surface area contributed by atoms with Crippen molar-refractivity contribution >= 4 is 11.7 Å². The number of hydrogen-bond acceptors (Lipinski definition) is 4. The molecule has 0 atom stereocenters. The lowest BCUT2D eigenvalue weighted by molar-refractivity contribution is -0.0714. The van der Waals surface area contributed by atoms with Crippen LogP contribution in [-0.4, -0.2) is 16.9 Å². The highest BCUT2D eigenvalue weighted by atomic mass is 16.7. The van der Waals surface area contributed by atoms with E-state index in [1.807, 2.05) is 0 Å². The van der Waals surface area contributed by atoms with Crippen LogP contribution in [0.5, 0.6) is 11.5 Å². The summed E-state index contributed by atoms with van der Waals surface area (Å²) >= 11 is 0. The monoisotopic (exact) mass is 235 g/mol.